The van der Waals surface area contributed by atoms with Gasteiger partial charge < -0.3 is 9.84 Å². The zero-order chi connectivity index (χ0) is 14.4. The van der Waals surface area contributed by atoms with Crippen LogP contribution >= 0.6 is 0 Å². The fourth-order valence-corrected chi connectivity index (χ4v) is 2.88. The maximum absolute atomic E-state index is 13.1. The number of rotatable bonds is 2. The average Bonchev–Trinajstić information content (AvgIpc) is 3.11. The van der Waals surface area contributed by atoms with E-state index < -0.39 is 0 Å². The van der Waals surface area contributed by atoms with E-state index in [9.17, 15) is 9.50 Å². The average molecular weight is 284 g/mol. The van der Waals surface area contributed by atoms with Crippen LogP contribution < -0.4 is 4.74 Å². The molecule has 0 radical (unpaired) electrons. The Labute approximate surface area is 120 Å². The Morgan fingerprint density at radius 3 is 2.81 bits per heavy atom. The lowest BCUT2D eigenvalue weighted by Crippen LogP contribution is -1.92. The molecule has 0 aliphatic carbocycles. The molecule has 0 spiro atoms. The van der Waals surface area contributed by atoms with E-state index in [4.69, 9.17) is 4.74 Å². The molecule has 0 saturated heterocycles. The Morgan fingerprint density at radius 1 is 1.24 bits per heavy atom. The van der Waals surface area contributed by atoms with Crippen molar-refractivity contribution in [1.82, 2.24) is 9.61 Å². The third-order valence-electron chi connectivity index (χ3n) is 3.84. The highest BCUT2D eigenvalue weighted by Gasteiger charge is 2.22. The van der Waals surface area contributed by atoms with Crippen LogP contribution in [-0.2, 0) is 13.0 Å². The lowest BCUT2D eigenvalue weighted by Gasteiger charge is -2.03. The topological polar surface area (TPSA) is 46.8 Å². The van der Waals surface area contributed by atoms with Gasteiger partial charge in [-0.3, -0.25) is 0 Å². The van der Waals surface area contributed by atoms with Crippen molar-refractivity contribution in [2.24, 2.45) is 0 Å². The second-order valence-corrected chi connectivity index (χ2v) is 5.04. The van der Waals surface area contributed by atoms with Crippen LogP contribution in [0, 0.1) is 5.82 Å². The summed E-state index contributed by atoms with van der Waals surface area (Å²) in [5.74, 6) is 0.560. The Balaban J connectivity index is 2.00. The third kappa shape index (κ3) is 1.81. The first-order valence-corrected chi connectivity index (χ1v) is 6.80. The number of nitrogens with zero attached hydrogens (tertiary/aromatic N) is 2. The maximum atomic E-state index is 13.1. The SMILES string of the molecule is OCc1c(-c2ccc(F)cc2)nn2ccc3c(c12)CCO3. The molecule has 1 N–H and O–H groups in total. The van der Waals surface area contributed by atoms with Gasteiger partial charge in [0, 0.05) is 29.3 Å². The quantitative estimate of drug-likeness (QED) is 0.786. The zero-order valence-corrected chi connectivity index (χ0v) is 11.2. The van der Waals surface area contributed by atoms with Crippen LogP contribution in [0.4, 0.5) is 4.39 Å². The molecular formula is C16H13FN2O2. The van der Waals surface area contributed by atoms with E-state index in [1.165, 1.54) is 12.1 Å². The molecular weight excluding hydrogens is 271 g/mol. The summed E-state index contributed by atoms with van der Waals surface area (Å²) in [6.45, 7) is 0.531. The number of hydrogen-bond acceptors (Lipinski definition) is 3. The van der Waals surface area contributed by atoms with Crippen LogP contribution in [-0.4, -0.2) is 21.3 Å². The standard InChI is InChI=1S/C16H13FN2O2/c17-11-3-1-10(2-4-11)15-13(9-20)16-12-6-8-21-14(12)5-7-19(16)18-15/h1-5,7,20H,6,8-9H2. The van der Waals surface area contributed by atoms with Gasteiger partial charge in [0.1, 0.15) is 11.6 Å². The molecule has 0 bridgehead atoms. The van der Waals surface area contributed by atoms with Crippen molar-refractivity contribution in [3.05, 3.63) is 53.5 Å². The number of aliphatic hydroxyl groups excluding tert-OH is 1. The van der Waals surface area contributed by atoms with Gasteiger partial charge in [-0.15, -0.1) is 0 Å². The summed E-state index contributed by atoms with van der Waals surface area (Å²) in [6, 6.07) is 8.03. The molecule has 2 aromatic heterocycles. The van der Waals surface area contributed by atoms with Crippen LogP contribution in [0.25, 0.3) is 16.8 Å². The van der Waals surface area contributed by atoms with Gasteiger partial charge in [-0.1, -0.05) is 0 Å². The van der Waals surface area contributed by atoms with Gasteiger partial charge >= 0.3 is 0 Å². The number of pyridine rings is 1. The van der Waals surface area contributed by atoms with Gasteiger partial charge in [-0.2, -0.15) is 5.10 Å². The second kappa shape index (κ2) is 4.56. The van der Waals surface area contributed by atoms with E-state index in [0.29, 0.717) is 12.3 Å². The van der Waals surface area contributed by atoms with E-state index in [0.717, 1.165) is 34.4 Å². The summed E-state index contributed by atoms with van der Waals surface area (Å²) in [5, 5.41) is 14.3. The van der Waals surface area contributed by atoms with E-state index >= 15 is 0 Å². The van der Waals surface area contributed by atoms with Gasteiger partial charge in [0.25, 0.3) is 0 Å². The number of aromatic nitrogens is 2. The van der Waals surface area contributed by atoms with Gasteiger partial charge in [-0.25, -0.2) is 8.91 Å². The highest BCUT2D eigenvalue weighted by atomic mass is 19.1. The molecule has 4 rings (SSSR count). The van der Waals surface area contributed by atoms with E-state index in [1.807, 2.05) is 12.3 Å². The molecule has 1 aromatic carbocycles. The zero-order valence-electron chi connectivity index (χ0n) is 11.2. The minimum absolute atomic E-state index is 0.118. The minimum Gasteiger partial charge on any atom is -0.493 e. The molecule has 0 fully saturated rings. The minimum atomic E-state index is -0.289. The van der Waals surface area contributed by atoms with Crippen molar-refractivity contribution in [1.29, 1.82) is 0 Å². The summed E-state index contributed by atoms with van der Waals surface area (Å²) in [4.78, 5) is 0. The van der Waals surface area contributed by atoms with Crippen LogP contribution in [0.2, 0.25) is 0 Å². The number of fused-ring (bicyclic) bond motifs is 3. The monoisotopic (exact) mass is 284 g/mol. The van der Waals surface area contributed by atoms with Crippen molar-refractivity contribution in [3.8, 4) is 17.0 Å². The maximum Gasteiger partial charge on any atom is 0.126 e. The Bertz CT molecular complexity index is 824. The summed E-state index contributed by atoms with van der Waals surface area (Å²) >= 11 is 0. The van der Waals surface area contributed by atoms with Crippen molar-refractivity contribution in [2.75, 3.05) is 6.61 Å². The number of aliphatic hydroxyl groups is 1. The van der Waals surface area contributed by atoms with Gasteiger partial charge in [-0.05, 0) is 30.3 Å². The van der Waals surface area contributed by atoms with E-state index in [-0.39, 0.29) is 12.4 Å². The fourth-order valence-electron chi connectivity index (χ4n) is 2.88. The molecule has 0 unspecified atom stereocenters. The summed E-state index contributed by atoms with van der Waals surface area (Å²) in [7, 11) is 0. The first kappa shape index (κ1) is 12.3. The molecule has 3 aromatic rings. The molecule has 0 atom stereocenters. The van der Waals surface area contributed by atoms with Crippen molar-refractivity contribution >= 4 is 5.52 Å². The molecule has 4 nitrogen and oxygen atoms in total. The third-order valence-corrected chi connectivity index (χ3v) is 3.84. The van der Waals surface area contributed by atoms with Gasteiger partial charge in [0.05, 0.1) is 24.4 Å². The fraction of sp³-hybridized carbons (Fsp3) is 0.188. The first-order chi connectivity index (χ1) is 10.3. The second-order valence-electron chi connectivity index (χ2n) is 5.04. The van der Waals surface area contributed by atoms with E-state index in [1.54, 1.807) is 16.6 Å². The Hall–Kier alpha value is -2.40. The van der Waals surface area contributed by atoms with Crippen molar-refractivity contribution < 1.29 is 14.2 Å². The van der Waals surface area contributed by atoms with Crippen molar-refractivity contribution in [3.63, 3.8) is 0 Å². The van der Waals surface area contributed by atoms with Crippen LogP contribution in [0.5, 0.6) is 5.75 Å². The predicted molar refractivity (Wildman–Crippen MR) is 75.7 cm³/mol. The molecule has 106 valence electrons. The smallest absolute Gasteiger partial charge is 0.126 e. The molecule has 3 heterocycles. The normalized spacial score (nSPS) is 13.4. The van der Waals surface area contributed by atoms with Gasteiger partial charge in [0.2, 0.25) is 0 Å². The summed E-state index contributed by atoms with van der Waals surface area (Å²) in [6.07, 6.45) is 2.63. The molecule has 21 heavy (non-hydrogen) atoms. The number of ether oxygens (including phenoxy) is 1. The molecule has 5 heteroatoms. The summed E-state index contributed by atoms with van der Waals surface area (Å²) in [5.41, 5.74) is 4.19. The molecule has 0 amide bonds. The lowest BCUT2D eigenvalue weighted by molar-refractivity contribution is 0.284. The number of halogens is 1. The largest absolute Gasteiger partial charge is 0.493 e. The lowest BCUT2D eigenvalue weighted by atomic mass is 10.0. The van der Waals surface area contributed by atoms with Crippen LogP contribution in [0.1, 0.15) is 11.1 Å². The highest BCUT2D eigenvalue weighted by molar-refractivity contribution is 5.77. The summed E-state index contributed by atoms with van der Waals surface area (Å²) < 4.78 is 20.4. The first-order valence-electron chi connectivity index (χ1n) is 6.80. The number of hydrogen-bond donors (Lipinski definition) is 1. The molecule has 0 saturated carbocycles. The van der Waals surface area contributed by atoms with Crippen molar-refractivity contribution in [2.45, 2.75) is 13.0 Å². The Morgan fingerprint density at radius 2 is 2.05 bits per heavy atom. The van der Waals surface area contributed by atoms with E-state index in [2.05, 4.69) is 5.10 Å². The van der Waals surface area contributed by atoms with Gasteiger partial charge in [0.15, 0.2) is 0 Å². The van der Waals surface area contributed by atoms with Crippen LogP contribution in [0.15, 0.2) is 36.5 Å². The highest BCUT2D eigenvalue weighted by Crippen LogP contribution is 2.34. The number of benzene rings is 1. The molecule has 1 aliphatic heterocycles. The predicted octanol–water partition coefficient (Wildman–Crippen LogP) is 2.57. The Kier molecular flexibility index (Phi) is 2.68. The van der Waals surface area contributed by atoms with Crippen LogP contribution in [0.3, 0.4) is 0 Å². The molecule has 1 aliphatic rings.